The Bertz CT molecular complexity index is 450. The normalized spacial score (nSPS) is 25.1. The number of pyridine rings is 1. The van der Waals surface area contributed by atoms with Gasteiger partial charge in [-0.15, -0.1) is 0 Å². The molecule has 1 fully saturated rings. The van der Waals surface area contributed by atoms with Gasteiger partial charge in [-0.2, -0.15) is 0 Å². The van der Waals surface area contributed by atoms with Crippen molar-refractivity contribution in [2.45, 2.75) is 45.2 Å². The number of ether oxygens (including phenoxy) is 2. The second-order valence-electron chi connectivity index (χ2n) is 5.49. The minimum absolute atomic E-state index is 0.339. The Morgan fingerprint density at radius 1 is 1.26 bits per heavy atom. The minimum atomic E-state index is 0.339. The monoisotopic (exact) mass is 262 g/mol. The Hall–Kier alpha value is -1.29. The van der Waals surface area contributed by atoms with E-state index in [2.05, 4.69) is 29.8 Å². The lowest BCUT2D eigenvalue weighted by molar-refractivity contribution is 0.110. The first-order chi connectivity index (χ1) is 9.25. The minimum Gasteiger partial charge on any atom is -0.484 e. The Labute approximate surface area is 114 Å². The number of piperidine rings is 1. The summed E-state index contributed by atoms with van der Waals surface area (Å²) in [6.45, 7) is 6.93. The molecular formula is C15H22N2O2. The number of aromatic nitrogens is 1. The molecule has 0 aliphatic carbocycles. The fourth-order valence-electron chi connectivity index (χ4n) is 3.04. The number of likely N-dealkylation sites (tertiary alicyclic amines) is 1. The van der Waals surface area contributed by atoms with Crippen molar-refractivity contribution >= 4 is 0 Å². The van der Waals surface area contributed by atoms with Gasteiger partial charge in [0.15, 0.2) is 5.75 Å². The van der Waals surface area contributed by atoms with Crippen LogP contribution in [-0.4, -0.2) is 35.7 Å². The summed E-state index contributed by atoms with van der Waals surface area (Å²) in [5, 5.41) is 0. The highest BCUT2D eigenvalue weighted by molar-refractivity contribution is 5.36. The lowest BCUT2D eigenvalue weighted by Gasteiger charge is -2.37. The van der Waals surface area contributed by atoms with Gasteiger partial charge in [0.1, 0.15) is 13.2 Å². The van der Waals surface area contributed by atoms with Crippen molar-refractivity contribution in [3.05, 3.63) is 17.8 Å². The standard InChI is InChI=1S/C15H22N2O2/c1-11-5-3-4-8-17(11)12(2)13-6-7-14-15(16-13)19-10-9-18-14/h6-7,11-12H,3-5,8-10H2,1-2H3/t11-,12?/m1/s1. The second-order valence-corrected chi connectivity index (χ2v) is 5.49. The predicted octanol–water partition coefficient (Wildman–Crippen LogP) is 2.79. The van der Waals surface area contributed by atoms with E-state index < -0.39 is 0 Å². The van der Waals surface area contributed by atoms with Crippen molar-refractivity contribution in [3.8, 4) is 11.6 Å². The van der Waals surface area contributed by atoms with Crippen molar-refractivity contribution in [2.75, 3.05) is 19.8 Å². The third-order valence-electron chi connectivity index (χ3n) is 4.21. The first kappa shape index (κ1) is 12.7. The molecule has 19 heavy (non-hydrogen) atoms. The van der Waals surface area contributed by atoms with Crippen LogP contribution in [0, 0.1) is 0 Å². The average molecular weight is 262 g/mol. The number of fused-ring (bicyclic) bond motifs is 1. The fourth-order valence-corrected chi connectivity index (χ4v) is 3.04. The van der Waals surface area contributed by atoms with Gasteiger partial charge in [-0.05, 0) is 45.4 Å². The summed E-state index contributed by atoms with van der Waals surface area (Å²) in [6, 6.07) is 5.03. The maximum absolute atomic E-state index is 5.57. The molecule has 1 saturated heterocycles. The molecule has 0 spiro atoms. The molecule has 1 aromatic heterocycles. The molecule has 0 bridgehead atoms. The molecule has 1 aromatic rings. The number of nitrogens with zero attached hydrogens (tertiary/aromatic N) is 2. The molecule has 4 heteroatoms. The van der Waals surface area contributed by atoms with Crippen molar-refractivity contribution in [1.82, 2.24) is 9.88 Å². The van der Waals surface area contributed by atoms with E-state index in [4.69, 9.17) is 9.47 Å². The van der Waals surface area contributed by atoms with Gasteiger partial charge in [-0.1, -0.05) is 6.42 Å². The van der Waals surface area contributed by atoms with Crippen LogP contribution < -0.4 is 9.47 Å². The van der Waals surface area contributed by atoms with Crippen LogP contribution in [0.3, 0.4) is 0 Å². The molecule has 3 rings (SSSR count). The lowest BCUT2D eigenvalue weighted by Crippen LogP contribution is -2.39. The largest absolute Gasteiger partial charge is 0.484 e. The van der Waals surface area contributed by atoms with Crippen LogP contribution in [0.4, 0.5) is 0 Å². The summed E-state index contributed by atoms with van der Waals surface area (Å²) in [6.07, 6.45) is 3.92. The summed E-state index contributed by atoms with van der Waals surface area (Å²) in [4.78, 5) is 7.18. The summed E-state index contributed by atoms with van der Waals surface area (Å²) >= 11 is 0. The third kappa shape index (κ3) is 2.54. The zero-order valence-corrected chi connectivity index (χ0v) is 11.8. The molecule has 1 unspecified atom stereocenters. The van der Waals surface area contributed by atoms with E-state index in [1.54, 1.807) is 0 Å². The highest BCUT2D eigenvalue weighted by Gasteiger charge is 2.26. The topological polar surface area (TPSA) is 34.6 Å². The zero-order chi connectivity index (χ0) is 13.2. The molecule has 0 radical (unpaired) electrons. The summed E-state index contributed by atoms with van der Waals surface area (Å²) in [5.41, 5.74) is 1.08. The Kier molecular flexibility index (Phi) is 3.60. The highest BCUT2D eigenvalue weighted by atomic mass is 16.6. The molecule has 104 valence electrons. The second kappa shape index (κ2) is 5.37. The van der Waals surface area contributed by atoms with Gasteiger partial charge in [0.2, 0.25) is 0 Å². The summed E-state index contributed by atoms with van der Waals surface area (Å²) in [7, 11) is 0. The maximum Gasteiger partial charge on any atom is 0.257 e. The van der Waals surface area contributed by atoms with Crippen molar-refractivity contribution in [3.63, 3.8) is 0 Å². The van der Waals surface area contributed by atoms with Gasteiger partial charge in [0.25, 0.3) is 5.88 Å². The van der Waals surface area contributed by atoms with Gasteiger partial charge >= 0.3 is 0 Å². The van der Waals surface area contributed by atoms with Gasteiger partial charge in [-0.3, -0.25) is 4.90 Å². The molecule has 0 aromatic carbocycles. The van der Waals surface area contributed by atoms with E-state index in [0.29, 0.717) is 31.2 Å². The lowest BCUT2D eigenvalue weighted by atomic mass is 10.0. The molecule has 0 saturated carbocycles. The van der Waals surface area contributed by atoms with E-state index >= 15 is 0 Å². The Morgan fingerprint density at radius 2 is 2.11 bits per heavy atom. The number of hydrogen-bond donors (Lipinski definition) is 0. The molecule has 0 N–H and O–H groups in total. The first-order valence-corrected chi connectivity index (χ1v) is 7.28. The smallest absolute Gasteiger partial charge is 0.257 e. The van der Waals surface area contributed by atoms with Crippen LogP contribution in [0.5, 0.6) is 11.6 Å². The van der Waals surface area contributed by atoms with E-state index in [-0.39, 0.29) is 0 Å². The SMILES string of the molecule is CC(c1ccc2c(n1)OCCO2)N1CCCC[C@H]1C. The van der Waals surface area contributed by atoms with Crippen LogP contribution in [0.1, 0.15) is 44.8 Å². The van der Waals surface area contributed by atoms with Crippen molar-refractivity contribution in [2.24, 2.45) is 0 Å². The van der Waals surface area contributed by atoms with Crippen LogP contribution >= 0.6 is 0 Å². The van der Waals surface area contributed by atoms with Crippen LogP contribution in [-0.2, 0) is 0 Å². The van der Waals surface area contributed by atoms with Gasteiger partial charge in [-0.25, -0.2) is 4.98 Å². The average Bonchev–Trinajstić information content (AvgIpc) is 2.46. The van der Waals surface area contributed by atoms with Gasteiger partial charge in [0, 0.05) is 12.1 Å². The third-order valence-corrected chi connectivity index (χ3v) is 4.21. The van der Waals surface area contributed by atoms with Gasteiger partial charge < -0.3 is 9.47 Å². The maximum atomic E-state index is 5.57. The summed E-state index contributed by atoms with van der Waals surface area (Å²) < 4.78 is 11.1. The number of hydrogen-bond acceptors (Lipinski definition) is 4. The fraction of sp³-hybridized carbons (Fsp3) is 0.667. The summed E-state index contributed by atoms with van der Waals surface area (Å²) in [5.74, 6) is 1.43. The molecule has 3 heterocycles. The van der Waals surface area contributed by atoms with E-state index in [9.17, 15) is 0 Å². The van der Waals surface area contributed by atoms with Crippen molar-refractivity contribution < 1.29 is 9.47 Å². The van der Waals surface area contributed by atoms with E-state index in [0.717, 1.165) is 11.4 Å². The Balaban J connectivity index is 1.80. The molecule has 2 aliphatic heterocycles. The first-order valence-electron chi connectivity index (χ1n) is 7.28. The predicted molar refractivity (Wildman–Crippen MR) is 73.7 cm³/mol. The van der Waals surface area contributed by atoms with E-state index in [1.807, 2.05) is 6.07 Å². The van der Waals surface area contributed by atoms with Gasteiger partial charge in [0.05, 0.1) is 5.69 Å². The number of rotatable bonds is 2. The zero-order valence-electron chi connectivity index (χ0n) is 11.8. The molecule has 4 nitrogen and oxygen atoms in total. The molecule has 2 atom stereocenters. The molecule has 2 aliphatic rings. The van der Waals surface area contributed by atoms with Crippen LogP contribution in [0.2, 0.25) is 0 Å². The molecular weight excluding hydrogens is 240 g/mol. The van der Waals surface area contributed by atoms with Crippen molar-refractivity contribution in [1.29, 1.82) is 0 Å². The quantitative estimate of drug-likeness (QED) is 0.821. The molecule has 0 amide bonds. The highest BCUT2D eigenvalue weighted by Crippen LogP contribution is 2.32. The Morgan fingerprint density at radius 3 is 2.95 bits per heavy atom. The van der Waals surface area contributed by atoms with Crippen LogP contribution in [0.15, 0.2) is 12.1 Å². The van der Waals surface area contributed by atoms with E-state index in [1.165, 1.54) is 25.8 Å². The van der Waals surface area contributed by atoms with Crippen LogP contribution in [0.25, 0.3) is 0 Å².